The standard InChI is InChI=1S/C21H21F3N2O3S/c22-21(23,24)14-6-8-15(9-7-14)25-20(27)26-16-10-11-17(26)13-19(12-16)30(28,29)18-4-2-1-3-5-18/h1-9,16-17,19H,10-13H2,(H,25,27)/t16-,17+,19+. The average Bonchev–Trinajstić information content (AvgIpc) is 2.98. The number of amides is 2. The summed E-state index contributed by atoms with van der Waals surface area (Å²) in [6, 6.07) is 11.8. The molecular formula is C21H21F3N2O3S. The van der Waals surface area contributed by atoms with Gasteiger partial charge >= 0.3 is 12.2 Å². The van der Waals surface area contributed by atoms with Crippen molar-refractivity contribution in [3.05, 3.63) is 60.2 Å². The van der Waals surface area contributed by atoms with E-state index < -0.39 is 32.9 Å². The molecule has 9 heteroatoms. The highest BCUT2D eigenvalue weighted by Crippen LogP contribution is 2.40. The lowest BCUT2D eigenvalue weighted by Gasteiger charge is -2.38. The molecule has 2 aliphatic heterocycles. The summed E-state index contributed by atoms with van der Waals surface area (Å²) in [5.41, 5.74) is -0.515. The molecule has 2 fully saturated rings. The van der Waals surface area contributed by atoms with E-state index in [-0.39, 0.29) is 22.7 Å². The van der Waals surface area contributed by atoms with E-state index in [4.69, 9.17) is 0 Å². The zero-order valence-corrected chi connectivity index (χ0v) is 16.8. The molecule has 2 bridgehead atoms. The van der Waals surface area contributed by atoms with Gasteiger partial charge in [0, 0.05) is 17.8 Å². The maximum Gasteiger partial charge on any atom is 0.416 e. The van der Waals surface area contributed by atoms with E-state index in [1.165, 1.54) is 12.1 Å². The van der Waals surface area contributed by atoms with Gasteiger partial charge in [0.1, 0.15) is 0 Å². The molecule has 5 nitrogen and oxygen atoms in total. The van der Waals surface area contributed by atoms with E-state index in [1.807, 2.05) is 0 Å². The topological polar surface area (TPSA) is 66.5 Å². The Balaban J connectivity index is 1.46. The van der Waals surface area contributed by atoms with Crippen LogP contribution in [0.4, 0.5) is 23.7 Å². The van der Waals surface area contributed by atoms with Crippen LogP contribution in [0, 0.1) is 0 Å². The summed E-state index contributed by atoms with van der Waals surface area (Å²) in [6.07, 6.45) is -2.30. The number of nitrogens with zero attached hydrogens (tertiary/aromatic N) is 1. The third-order valence-electron chi connectivity index (χ3n) is 5.90. The molecule has 0 spiro atoms. The second-order valence-electron chi connectivity index (χ2n) is 7.75. The quantitative estimate of drug-likeness (QED) is 0.755. The van der Waals surface area contributed by atoms with Crippen LogP contribution in [0.5, 0.6) is 0 Å². The molecule has 0 aromatic heterocycles. The van der Waals surface area contributed by atoms with Crippen LogP contribution in [0.3, 0.4) is 0 Å². The van der Waals surface area contributed by atoms with Crippen molar-refractivity contribution in [1.82, 2.24) is 4.90 Å². The summed E-state index contributed by atoms with van der Waals surface area (Å²) in [5, 5.41) is 2.10. The molecule has 160 valence electrons. The van der Waals surface area contributed by atoms with Crippen LogP contribution in [-0.2, 0) is 16.0 Å². The van der Waals surface area contributed by atoms with E-state index in [2.05, 4.69) is 5.32 Å². The number of carbonyl (C=O) groups is 1. The highest BCUT2D eigenvalue weighted by molar-refractivity contribution is 7.92. The number of carbonyl (C=O) groups excluding carboxylic acids is 1. The molecule has 2 aromatic rings. The van der Waals surface area contributed by atoms with Gasteiger partial charge < -0.3 is 10.2 Å². The molecule has 0 radical (unpaired) electrons. The Hall–Kier alpha value is -2.55. The molecule has 1 N–H and O–H groups in total. The molecule has 0 unspecified atom stereocenters. The summed E-state index contributed by atoms with van der Waals surface area (Å²) < 4.78 is 64.0. The number of urea groups is 1. The highest BCUT2D eigenvalue weighted by Gasteiger charge is 2.47. The molecular weight excluding hydrogens is 417 g/mol. The second-order valence-corrected chi connectivity index (χ2v) is 9.98. The number of halogens is 3. The number of nitrogens with one attached hydrogen (secondary N) is 1. The molecule has 4 rings (SSSR count). The van der Waals surface area contributed by atoms with Crippen molar-refractivity contribution in [2.75, 3.05) is 5.32 Å². The van der Waals surface area contributed by atoms with E-state index >= 15 is 0 Å². The van der Waals surface area contributed by atoms with Gasteiger partial charge in [-0.2, -0.15) is 13.2 Å². The number of rotatable bonds is 3. The van der Waals surface area contributed by atoms with Gasteiger partial charge in [0.25, 0.3) is 0 Å². The number of alkyl halides is 3. The smallest absolute Gasteiger partial charge is 0.318 e. The average molecular weight is 438 g/mol. The Morgan fingerprint density at radius 3 is 2.03 bits per heavy atom. The predicted octanol–water partition coefficient (Wildman–Crippen LogP) is 4.71. The molecule has 2 amide bonds. The zero-order valence-electron chi connectivity index (χ0n) is 16.0. The normalized spacial score (nSPS) is 24.0. The lowest BCUT2D eigenvalue weighted by molar-refractivity contribution is -0.137. The minimum atomic E-state index is -4.44. The molecule has 2 heterocycles. The summed E-state index contributed by atoms with van der Waals surface area (Å²) >= 11 is 0. The van der Waals surface area contributed by atoms with Crippen molar-refractivity contribution in [2.24, 2.45) is 0 Å². The maximum atomic E-state index is 13.0. The third-order valence-corrected chi connectivity index (χ3v) is 8.09. The molecule has 0 saturated carbocycles. The zero-order chi connectivity index (χ0) is 21.5. The third kappa shape index (κ3) is 3.90. The molecule has 0 aliphatic carbocycles. The molecule has 2 saturated heterocycles. The van der Waals surface area contributed by atoms with Gasteiger partial charge in [-0.05, 0) is 62.1 Å². The molecule has 30 heavy (non-hydrogen) atoms. The lowest BCUT2D eigenvalue weighted by Crippen LogP contribution is -2.51. The van der Waals surface area contributed by atoms with Crippen molar-refractivity contribution >= 4 is 21.6 Å². The Morgan fingerprint density at radius 2 is 1.50 bits per heavy atom. The summed E-state index contributed by atoms with van der Waals surface area (Å²) in [4.78, 5) is 14.7. The molecule has 2 aromatic carbocycles. The van der Waals surface area contributed by atoms with Gasteiger partial charge in [-0.15, -0.1) is 0 Å². The van der Waals surface area contributed by atoms with Crippen LogP contribution in [0.15, 0.2) is 59.5 Å². The Kier molecular flexibility index (Phi) is 5.25. The van der Waals surface area contributed by atoms with Gasteiger partial charge in [-0.1, -0.05) is 18.2 Å². The predicted molar refractivity (Wildman–Crippen MR) is 106 cm³/mol. The van der Waals surface area contributed by atoms with Crippen molar-refractivity contribution in [3.63, 3.8) is 0 Å². The van der Waals surface area contributed by atoms with Gasteiger partial charge in [0.05, 0.1) is 15.7 Å². The fourth-order valence-corrected chi connectivity index (χ4v) is 6.32. The first kappa shape index (κ1) is 20.7. The SMILES string of the molecule is O=C(Nc1ccc(C(F)(F)F)cc1)N1[C@@H]2CC[C@H]1C[C@@H](S(=O)(=O)c1ccccc1)C2. The van der Waals surface area contributed by atoms with E-state index in [1.54, 1.807) is 35.2 Å². The lowest BCUT2D eigenvalue weighted by atomic mass is 10.0. The number of sulfone groups is 1. The van der Waals surface area contributed by atoms with Gasteiger partial charge in [0.2, 0.25) is 0 Å². The first-order valence-corrected chi connectivity index (χ1v) is 11.3. The van der Waals surface area contributed by atoms with Gasteiger partial charge in [-0.3, -0.25) is 0 Å². The number of piperidine rings is 1. The highest BCUT2D eigenvalue weighted by atomic mass is 32.2. The van der Waals surface area contributed by atoms with Crippen LogP contribution in [0.1, 0.15) is 31.2 Å². The fraction of sp³-hybridized carbons (Fsp3) is 0.381. The Morgan fingerprint density at radius 1 is 0.933 bits per heavy atom. The number of hydrogen-bond donors (Lipinski definition) is 1. The van der Waals surface area contributed by atoms with Crippen molar-refractivity contribution in [2.45, 2.75) is 54.1 Å². The maximum absolute atomic E-state index is 13.0. The van der Waals surface area contributed by atoms with Crippen LogP contribution >= 0.6 is 0 Å². The summed E-state index contributed by atoms with van der Waals surface area (Å²) in [5.74, 6) is 0. The second kappa shape index (κ2) is 7.61. The van der Waals surface area contributed by atoms with Crippen LogP contribution in [-0.4, -0.2) is 36.7 Å². The molecule has 3 atom stereocenters. The van der Waals surface area contributed by atoms with Crippen LogP contribution in [0.25, 0.3) is 0 Å². The first-order valence-electron chi connectivity index (χ1n) is 9.72. The minimum absolute atomic E-state index is 0.207. The van der Waals surface area contributed by atoms with Crippen LogP contribution in [0.2, 0.25) is 0 Å². The summed E-state index contributed by atoms with van der Waals surface area (Å²) in [7, 11) is -3.48. The fourth-order valence-electron chi connectivity index (χ4n) is 4.45. The number of benzene rings is 2. The van der Waals surface area contributed by atoms with Gasteiger partial charge in [0.15, 0.2) is 9.84 Å². The monoisotopic (exact) mass is 438 g/mol. The van der Waals surface area contributed by atoms with Crippen molar-refractivity contribution in [3.8, 4) is 0 Å². The Labute approximate surface area is 172 Å². The van der Waals surface area contributed by atoms with Gasteiger partial charge in [-0.25, -0.2) is 13.2 Å². The minimum Gasteiger partial charge on any atom is -0.318 e. The Bertz CT molecular complexity index is 1010. The van der Waals surface area contributed by atoms with E-state index in [0.29, 0.717) is 25.7 Å². The van der Waals surface area contributed by atoms with Crippen LogP contribution < -0.4 is 5.32 Å². The summed E-state index contributed by atoms with van der Waals surface area (Å²) in [6.45, 7) is 0. The largest absolute Gasteiger partial charge is 0.416 e. The van der Waals surface area contributed by atoms with E-state index in [9.17, 15) is 26.4 Å². The number of anilines is 1. The number of hydrogen-bond acceptors (Lipinski definition) is 3. The molecule has 2 aliphatic rings. The first-order chi connectivity index (χ1) is 14.2. The van der Waals surface area contributed by atoms with Crippen molar-refractivity contribution in [1.29, 1.82) is 0 Å². The van der Waals surface area contributed by atoms with E-state index in [0.717, 1.165) is 12.1 Å². The number of fused-ring (bicyclic) bond motifs is 2. The van der Waals surface area contributed by atoms with Crippen molar-refractivity contribution < 1.29 is 26.4 Å².